The van der Waals surface area contributed by atoms with Gasteiger partial charge in [-0.05, 0) is 37.0 Å². The monoisotopic (exact) mass is 304 g/mol. The number of hydrogen-bond acceptors (Lipinski definition) is 5. The van der Waals surface area contributed by atoms with Crippen LogP contribution in [0, 0.1) is 0 Å². The van der Waals surface area contributed by atoms with E-state index in [1.165, 1.54) is 13.0 Å². The van der Waals surface area contributed by atoms with Gasteiger partial charge in [-0.15, -0.1) is 0 Å². The van der Waals surface area contributed by atoms with Crippen molar-refractivity contribution in [2.45, 2.75) is 32.3 Å². The molecule has 0 heterocycles. The van der Waals surface area contributed by atoms with Crippen molar-refractivity contribution in [3.05, 3.63) is 40.5 Å². The number of aliphatic hydroxyl groups excluding tert-OH is 1. The van der Waals surface area contributed by atoms with Crippen molar-refractivity contribution >= 4 is 17.5 Å². The highest BCUT2D eigenvalue weighted by molar-refractivity contribution is 6.28. The number of ketones is 2. The summed E-state index contributed by atoms with van der Waals surface area (Å²) in [6.07, 6.45) is -1.48. The molecule has 6 nitrogen and oxygen atoms in total. The van der Waals surface area contributed by atoms with E-state index in [4.69, 9.17) is 5.11 Å². The Morgan fingerprint density at radius 2 is 2.00 bits per heavy atom. The van der Waals surface area contributed by atoms with Gasteiger partial charge in [0, 0.05) is 0 Å². The van der Waals surface area contributed by atoms with Gasteiger partial charge in [0.05, 0.1) is 23.7 Å². The number of aliphatic hydroxyl groups is 1. The number of carbonyl (C=O) groups excluding carboxylic acids is 2. The molecule has 0 bridgehead atoms. The Bertz CT molecular complexity index is 686. The highest BCUT2D eigenvalue weighted by Gasteiger charge is 2.31. The van der Waals surface area contributed by atoms with Crippen LogP contribution in [0.15, 0.2) is 29.3 Å². The molecule has 0 saturated carbocycles. The zero-order chi connectivity index (χ0) is 16.4. The second-order valence-corrected chi connectivity index (χ2v) is 5.31. The van der Waals surface area contributed by atoms with Crippen LogP contribution in [0.25, 0.3) is 0 Å². The van der Waals surface area contributed by atoms with Crippen LogP contribution >= 0.6 is 0 Å². The number of carboxylic acids is 1. The summed E-state index contributed by atoms with van der Waals surface area (Å²) in [4.78, 5) is 34.9. The number of rotatable bonds is 5. The predicted molar refractivity (Wildman–Crippen MR) is 76.7 cm³/mol. The van der Waals surface area contributed by atoms with E-state index in [-0.39, 0.29) is 29.7 Å². The van der Waals surface area contributed by atoms with Gasteiger partial charge in [-0.3, -0.25) is 14.4 Å². The molecule has 2 rings (SSSR count). The van der Waals surface area contributed by atoms with Gasteiger partial charge in [0.1, 0.15) is 5.75 Å². The quantitative estimate of drug-likeness (QED) is 0.706. The fraction of sp³-hybridized carbons (Fsp3) is 0.312. The second kappa shape index (κ2) is 6.11. The van der Waals surface area contributed by atoms with E-state index in [1.807, 2.05) is 0 Å². The minimum absolute atomic E-state index is 0.0674. The van der Waals surface area contributed by atoms with E-state index < -0.39 is 30.1 Å². The molecule has 0 amide bonds. The minimum Gasteiger partial charge on any atom is -0.507 e. The number of benzene rings is 1. The molecule has 1 aliphatic carbocycles. The Balaban J connectivity index is 2.42. The zero-order valence-electron chi connectivity index (χ0n) is 12.0. The molecule has 3 N–H and O–H groups in total. The van der Waals surface area contributed by atoms with E-state index in [1.54, 1.807) is 12.1 Å². The molecule has 1 aliphatic rings. The first kappa shape index (κ1) is 15.9. The van der Waals surface area contributed by atoms with Crippen molar-refractivity contribution in [2.75, 3.05) is 0 Å². The first-order valence-electron chi connectivity index (χ1n) is 6.79. The van der Waals surface area contributed by atoms with E-state index in [0.717, 1.165) is 0 Å². The summed E-state index contributed by atoms with van der Waals surface area (Å²) in [5.74, 6) is -2.38. The summed E-state index contributed by atoms with van der Waals surface area (Å²) in [6.45, 7) is 1.24. The molecule has 0 saturated heterocycles. The molecule has 0 unspecified atom stereocenters. The van der Waals surface area contributed by atoms with Crippen molar-refractivity contribution in [1.82, 2.24) is 0 Å². The summed E-state index contributed by atoms with van der Waals surface area (Å²) in [7, 11) is 0. The first-order chi connectivity index (χ1) is 10.3. The lowest BCUT2D eigenvalue weighted by Gasteiger charge is -2.22. The summed E-state index contributed by atoms with van der Waals surface area (Å²) in [5, 5.41) is 28.3. The Morgan fingerprint density at radius 3 is 2.59 bits per heavy atom. The third kappa shape index (κ3) is 3.07. The molecule has 22 heavy (non-hydrogen) atoms. The van der Waals surface area contributed by atoms with Crippen molar-refractivity contribution in [1.29, 1.82) is 0 Å². The van der Waals surface area contributed by atoms with Crippen LogP contribution < -0.4 is 0 Å². The zero-order valence-corrected chi connectivity index (χ0v) is 12.0. The molecule has 0 aromatic heterocycles. The van der Waals surface area contributed by atoms with Gasteiger partial charge < -0.3 is 15.3 Å². The predicted octanol–water partition coefficient (Wildman–Crippen LogP) is 1.24. The van der Waals surface area contributed by atoms with Crippen LogP contribution in [0.3, 0.4) is 0 Å². The normalized spacial score (nSPS) is 15.5. The summed E-state index contributed by atoms with van der Waals surface area (Å²) in [6, 6.07) is 4.62. The number of hydrogen-bond donors (Lipinski definition) is 3. The smallest absolute Gasteiger partial charge is 0.305 e. The lowest BCUT2D eigenvalue weighted by molar-refractivity contribution is -0.139. The Morgan fingerprint density at radius 1 is 1.32 bits per heavy atom. The Labute approximate surface area is 126 Å². The molecule has 1 atom stereocenters. The maximum absolute atomic E-state index is 12.5. The average molecular weight is 304 g/mol. The standard InChI is InChI=1S/C16H16O6/c1-8(17)14-10(6-11(18)7-13(20)21)5-9-3-2-4-12(19)15(9)16(14)22/h2-4,11,18-19H,5-7H2,1H3,(H,20,21)/t11-/m0/s1. The molecule has 0 fully saturated rings. The average Bonchev–Trinajstić information content (AvgIpc) is 2.36. The van der Waals surface area contributed by atoms with Gasteiger partial charge in [0.25, 0.3) is 0 Å². The molecule has 1 aromatic carbocycles. The highest BCUT2D eigenvalue weighted by Crippen LogP contribution is 2.34. The van der Waals surface area contributed by atoms with Gasteiger partial charge in [-0.1, -0.05) is 12.1 Å². The highest BCUT2D eigenvalue weighted by atomic mass is 16.4. The molecule has 6 heteroatoms. The van der Waals surface area contributed by atoms with E-state index in [9.17, 15) is 24.6 Å². The topological polar surface area (TPSA) is 112 Å². The largest absolute Gasteiger partial charge is 0.507 e. The van der Waals surface area contributed by atoms with E-state index in [2.05, 4.69) is 0 Å². The molecule has 116 valence electrons. The van der Waals surface area contributed by atoms with Gasteiger partial charge in [0.15, 0.2) is 5.78 Å². The van der Waals surface area contributed by atoms with Gasteiger partial charge in [-0.2, -0.15) is 0 Å². The van der Waals surface area contributed by atoms with Crippen LogP contribution in [0.4, 0.5) is 0 Å². The number of allylic oxidation sites excluding steroid dienone is 1. The van der Waals surface area contributed by atoms with Gasteiger partial charge in [-0.25, -0.2) is 0 Å². The third-order valence-corrected chi connectivity index (χ3v) is 3.58. The third-order valence-electron chi connectivity index (χ3n) is 3.58. The minimum atomic E-state index is -1.17. The van der Waals surface area contributed by atoms with Crippen molar-refractivity contribution in [3.8, 4) is 5.75 Å². The van der Waals surface area contributed by atoms with Crippen LogP contribution in [-0.2, 0) is 16.0 Å². The lowest BCUT2D eigenvalue weighted by atomic mass is 9.81. The fourth-order valence-electron chi connectivity index (χ4n) is 2.74. The van der Waals surface area contributed by atoms with Crippen molar-refractivity contribution in [3.63, 3.8) is 0 Å². The number of phenolic OH excluding ortho intramolecular Hbond substituents is 1. The van der Waals surface area contributed by atoms with Crippen LogP contribution in [0.5, 0.6) is 5.75 Å². The fourth-order valence-corrected chi connectivity index (χ4v) is 2.74. The summed E-state index contributed by atoms with van der Waals surface area (Å²) >= 11 is 0. The summed E-state index contributed by atoms with van der Waals surface area (Å²) < 4.78 is 0. The van der Waals surface area contributed by atoms with Crippen LogP contribution in [0.1, 0.15) is 35.7 Å². The number of aromatic hydroxyl groups is 1. The van der Waals surface area contributed by atoms with E-state index in [0.29, 0.717) is 11.1 Å². The number of Topliss-reactive ketones (excluding diaryl/α,β-unsaturated/α-hetero) is 2. The molecule has 0 spiro atoms. The lowest BCUT2D eigenvalue weighted by Crippen LogP contribution is -2.24. The number of carboxylic acid groups (broad SMARTS) is 1. The molecular formula is C16H16O6. The summed E-state index contributed by atoms with van der Waals surface area (Å²) in [5.41, 5.74) is 1.000. The van der Waals surface area contributed by atoms with Crippen molar-refractivity contribution in [2.24, 2.45) is 0 Å². The van der Waals surface area contributed by atoms with Crippen molar-refractivity contribution < 1.29 is 29.7 Å². The number of fused-ring (bicyclic) bond motifs is 1. The molecule has 0 aliphatic heterocycles. The molecule has 0 radical (unpaired) electrons. The van der Waals surface area contributed by atoms with Crippen LogP contribution in [0.2, 0.25) is 0 Å². The maximum Gasteiger partial charge on any atom is 0.305 e. The van der Waals surface area contributed by atoms with Gasteiger partial charge in [0.2, 0.25) is 5.78 Å². The number of carbonyl (C=O) groups is 3. The van der Waals surface area contributed by atoms with Crippen LogP contribution in [-0.4, -0.2) is 39.0 Å². The SMILES string of the molecule is CC(=O)C1=C(C[C@H](O)CC(=O)O)Cc2cccc(O)c2C1=O. The molecule has 1 aromatic rings. The molecular weight excluding hydrogens is 288 g/mol. The Hall–Kier alpha value is -2.47. The van der Waals surface area contributed by atoms with E-state index >= 15 is 0 Å². The number of aliphatic carboxylic acids is 1. The number of phenols is 1. The Kier molecular flexibility index (Phi) is 4.42. The first-order valence-corrected chi connectivity index (χ1v) is 6.79. The van der Waals surface area contributed by atoms with Gasteiger partial charge >= 0.3 is 5.97 Å². The second-order valence-electron chi connectivity index (χ2n) is 5.31. The maximum atomic E-state index is 12.5.